The van der Waals surface area contributed by atoms with Crippen LogP contribution in [0.3, 0.4) is 0 Å². The van der Waals surface area contributed by atoms with Crippen molar-refractivity contribution in [3.63, 3.8) is 0 Å². The first-order valence-corrected chi connectivity index (χ1v) is 18.5. The lowest BCUT2D eigenvalue weighted by atomic mass is 9.98. The highest BCUT2D eigenvalue weighted by Crippen LogP contribution is 2.39. The van der Waals surface area contributed by atoms with Gasteiger partial charge in [0.15, 0.2) is 0 Å². The largest absolute Gasteiger partial charge is 0.309 e. The van der Waals surface area contributed by atoms with Gasteiger partial charge in [0.2, 0.25) is 0 Å². The van der Waals surface area contributed by atoms with Crippen LogP contribution in [0.4, 0.5) is 0 Å². The molecule has 0 bridgehead atoms. The number of fused-ring (bicyclic) bond motifs is 7. The first-order valence-electron chi connectivity index (χ1n) is 18.5. The summed E-state index contributed by atoms with van der Waals surface area (Å²) in [5.41, 5.74) is 14.0. The molecule has 0 fully saturated rings. The number of nitrogens with zero attached hydrogens (tertiary/aromatic N) is 3. The lowest BCUT2D eigenvalue weighted by Gasteiger charge is -2.13. The van der Waals surface area contributed by atoms with Gasteiger partial charge >= 0.3 is 0 Å². The van der Waals surface area contributed by atoms with Gasteiger partial charge in [0, 0.05) is 32.6 Å². The van der Waals surface area contributed by atoms with E-state index in [2.05, 4.69) is 209 Å². The number of hydrogen-bond acceptors (Lipinski definition) is 1. The van der Waals surface area contributed by atoms with Gasteiger partial charge in [-0.05, 0) is 94.0 Å². The molecular weight excluding hydrogens is 655 g/mol. The first kappa shape index (κ1) is 30.4. The van der Waals surface area contributed by atoms with Gasteiger partial charge in [-0.25, -0.2) is 4.98 Å². The minimum Gasteiger partial charge on any atom is -0.309 e. The predicted octanol–water partition coefficient (Wildman–Crippen LogP) is 13.4. The standard InChI is InChI=1S/C51H33N3/c1-3-13-34(14-4-1)35-23-25-36(26-24-35)43-33-51(52-46-20-10-7-17-40(43)46)54-48-22-12-9-19-42(48)45-32-38(28-30-50(45)54)37-27-29-49-44(31-37)41-18-8-11-21-47(41)53(49)39-15-5-2-6-16-39/h1-33H. The third-order valence-corrected chi connectivity index (χ3v) is 10.9. The van der Waals surface area contributed by atoms with Crippen molar-refractivity contribution in [3.8, 4) is 44.9 Å². The van der Waals surface area contributed by atoms with Crippen LogP contribution in [0.2, 0.25) is 0 Å². The second-order valence-corrected chi connectivity index (χ2v) is 14.0. The van der Waals surface area contributed by atoms with E-state index in [0.717, 1.165) is 27.8 Å². The monoisotopic (exact) mass is 687 g/mol. The number of hydrogen-bond donors (Lipinski definition) is 0. The number of rotatable bonds is 5. The molecule has 3 heterocycles. The van der Waals surface area contributed by atoms with Crippen LogP contribution >= 0.6 is 0 Å². The Bertz CT molecular complexity index is 3190. The molecule has 0 spiro atoms. The van der Waals surface area contributed by atoms with Crippen molar-refractivity contribution in [2.75, 3.05) is 0 Å². The fourth-order valence-corrected chi connectivity index (χ4v) is 8.39. The Morgan fingerprint density at radius 3 is 1.43 bits per heavy atom. The maximum atomic E-state index is 5.30. The van der Waals surface area contributed by atoms with Gasteiger partial charge in [-0.15, -0.1) is 0 Å². The van der Waals surface area contributed by atoms with Gasteiger partial charge in [0.1, 0.15) is 5.82 Å². The van der Waals surface area contributed by atoms with Crippen molar-refractivity contribution < 1.29 is 0 Å². The zero-order valence-corrected chi connectivity index (χ0v) is 29.4. The molecule has 11 aromatic rings. The van der Waals surface area contributed by atoms with Crippen molar-refractivity contribution in [1.29, 1.82) is 0 Å². The summed E-state index contributed by atoms with van der Waals surface area (Å²) < 4.78 is 4.70. The molecule has 0 radical (unpaired) electrons. The Morgan fingerprint density at radius 2 is 0.759 bits per heavy atom. The van der Waals surface area contributed by atoms with Crippen LogP contribution in [-0.2, 0) is 0 Å². The molecule has 0 saturated heterocycles. The Morgan fingerprint density at radius 1 is 0.296 bits per heavy atom. The molecular formula is C51H33N3. The van der Waals surface area contributed by atoms with Crippen molar-refractivity contribution in [2.24, 2.45) is 0 Å². The molecule has 0 saturated carbocycles. The summed E-state index contributed by atoms with van der Waals surface area (Å²) in [5.74, 6) is 0.907. The average Bonchev–Trinajstić information content (AvgIpc) is 3.76. The zero-order chi connectivity index (χ0) is 35.6. The molecule has 0 unspecified atom stereocenters. The van der Waals surface area contributed by atoms with Crippen LogP contribution in [0.15, 0.2) is 200 Å². The van der Waals surface area contributed by atoms with Crippen LogP contribution < -0.4 is 0 Å². The average molecular weight is 688 g/mol. The highest BCUT2D eigenvalue weighted by atomic mass is 15.1. The lowest BCUT2D eigenvalue weighted by Crippen LogP contribution is -1.99. The van der Waals surface area contributed by atoms with Gasteiger partial charge in [-0.2, -0.15) is 0 Å². The van der Waals surface area contributed by atoms with Crippen LogP contribution in [0.5, 0.6) is 0 Å². The van der Waals surface area contributed by atoms with E-state index < -0.39 is 0 Å². The topological polar surface area (TPSA) is 22.8 Å². The second kappa shape index (κ2) is 12.2. The molecule has 3 nitrogen and oxygen atoms in total. The maximum Gasteiger partial charge on any atom is 0.138 e. The summed E-state index contributed by atoms with van der Waals surface area (Å²) in [6.45, 7) is 0. The third kappa shape index (κ3) is 4.79. The minimum atomic E-state index is 0.907. The summed E-state index contributed by atoms with van der Waals surface area (Å²) in [4.78, 5) is 5.30. The predicted molar refractivity (Wildman–Crippen MR) is 227 cm³/mol. The SMILES string of the molecule is c1ccc(-c2ccc(-c3cc(-n4c5ccccc5c5cc(-c6ccc7c(c6)c6ccccc6n7-c6ccccc6)ccc54)nc4ccccc34)cc2)cc1. The van der Waals surface area contributed by atoms with Crippen LogP contribution in [0.25, 0.3) is 99.4 Å². The normalized spacial score (nSPS) is 11.7. The lowest BCUT2D eigenvalue weighted by molar-refractivity contribution is 1.10. The number of aromatic nitrogens is 3. The molecule has 0 N–H and O–H groups in total. The molecule has 54 heavy (non-hydrogen) atoms. The Hall–Kier alpha value is -7.23. The van der Waals surface area contributed by atoms with Crippen LogP contribution in [0.1, 0.15) is 0 Å². The summed E-state index contributed by atoms with van der Waals surface area (Å²) in [7, 11) is 0. The van der Waals surface area contributed by atoms with E-state index in [0.29, 0.717) is 0 Å². The van der Waals surface area contributed by atoms with E-state index in [-0.39, 0.29) is 0 Å². The number of para-hydroxylation sites is 4. The summed E-state index contributed by atoms with van der Waals surface area (Å²) >= 11 is 0. The van der Waals surface area contributed by atoms with Crippen molar-refractivity contribution in [2.45, 2.75) is 0 Å². The third-order valence-electron chi connectivity index (χ3n) is 10.9. The highest BCUT2D eigenvalue weighted by Gasteiger charge is 2.18. The molecule has 252 valence electrons. The van der Waals surface area contributed by atoms with Crippen LogP contribution in [0, 0.1) is 0 Å². The molecule has 0 aliphatic carbocycles. The van der Waals surface area contributed by atoms with E-state index in [4.69, 9.17) is 4.98 Å². The summed E-state index contributed by atoms with van der Waals surface area (Å²) in [6.07, 6.45) is 0. The highest BCUT2D eigenvalue weighted by molar-refractivity contribution is 6.13. The molecule has 0 amide bonds. The molecule has 0 aliphatic heterocycles. The van der Waals surface area contributed by atoms with Gasteiger partial charge in [-0.1, -0.05) is 140 Å². The first-order chi connectivity index (χ1) is 26.8. The smallest absolute Gasteiger partial charge is 0.138 e. The Labute approximate surface area is 312 Å². The molecule has 11 rings (SSSR count). The van der Waals surface area contributed by atoms with Crippen molar-refractivity contribution >= 4 is 54.5 Å². The molecule has 3 heteroatoms. The van der Waals surface area contributed by atoms with E-state index in [1.807, 2.05) is 0 Å². The molecule has 8 aromatic carbocycles. The zero-order valence-electron chi connectivity index (χ0n) is 29.4. The Kier molecular flexibility index (Phi) is 6.86. The quantitative estimate of drug-likeness (QED) is 0.177. The fraction of sp³-hybridized carbons (Fsp3) is 0. The van der Waals surface area contributed by atoms with Gasteiger partial charge < -0.3 is 4.57 Å². The van der Waals surface area contributed by atoms with Crippen molar-refractivity contribution in [1.82, 2.24) is 14.1 Å². The summed E-state index contributed by atoms with van der Waals surface area (Å²) in [5, 5.41) is 6.06. The van der Waals surface area contributed by atoms with E-state index in [9.17, 15) is 0 Å². The van der Waals surface area contributed by atoms with E-state index >= 15 is 0 Å². The maximum absolute atomic E-state index is 5.30. The Balaban J connectivity index is 1.07. The molecule has 0 atom stereocenters. The van der Waals surface area contributed by atoms with Gasteiger partial charge in [0.05, 0.1) is 27.6 Å². The second-order valence-electron chi connectivity index (χ2n) is 14.0. The molecule has 0 aliphatic rings. The minimum absolute atomic E-state index is 0.907. The van der Waals surface area contributed by atoms with Crippen LogP contribution in [-0.4, -0.2) is 14.1 Å². The van der Waals surface area contributed by atoms with E-state index in [1.165, 1.54) is 71.6 Å². The van der Waals surface area contributed by atoms with Crippen molar-refractivity contribution in [3.05, 3.63) is 200 Å². The van der Waals surface area contributed by atoms with E-state index in [1.54, 1.807) is 0 Å². The number of pyridine rings is 1. The van der Waals surface area contributed by atoms with Gasteiger partial charge in [0.25, 0.3) is 0 Å². The summed E-state index contributed by atoms with van der Waals surface area (Å²) in [6, 6.07) is 72.1. The fourth-order valence-electron chi connectivity index (χ4n) is 8.39. The van der Waals surface area contributed by atoms with Gasteiger partial charge in [-0.3, -0.25) is 4.57 Å². The molecule has 3 aromatic heterocycles. The number of benzene rings is 8.